The lowest BCUT2D eigenvalue weighted by molar-refractivity contribution is 0.0955. The smallest absolute Gasteiger partial charge is 0.252 e. The van der Waals surface area contributed by atoms with Gasteiger partial charge in [-0.25, -0.2) is 0 Å². The van der Waals surface area contributed by atoms with Gasteiger partial charge in [-0.1, -0.05) is 15.9 Å². The van der Waals surface area contributed by atoms with Gasteiger partial charge in [0.15, 0.2) is 0 Å². The minimum absolute atomic E-state index is 0.0814. The number of hydrogen-bond donors (Lipinski definition) is 2. The van der Waals surface area contributed by atoms with Crippen LogP contribution in [-0.2, 0) is 0 Å². The van der Waals surface area contributed by atoms with Crippen molar-refractivity contribution in [3.05, 3.63) is 40.0 Å². The Morgan fingerprint density at radius 3 is 2.95 bits per heavy atom. The fourth-order valence-electron chi connectivity index (χ4n) is 1.92. The van der Waals surface area contributed by atoms with Crippen molar-refractivity contribution in [3.63, 3.8) is 0 Å². The Morgan fingerprint density at radius 1 is 1.42 bits per heavy atom. The van der Waals surface area contributed by atoms with E-state index in [1.165, 1.54) is 0 Å². The van der Waals surface area contributed by atoms with Gasteiger partial charge >= 0.3 is 0 Å². The van der Waals surface area contributed by atoms with Gasteiger partial charge in [-0.15, -0.1) is 0 Å². The van der Waals surface area contributed by atoms with Gasteiger partial charge < -0.3 is 11.1 Å². The average molecular weight is 322 g/mol. The Hall–Kier alpha value is -1.46. The van der Waals surface area contributed by atoms with E-state index in [-0.39, 0.29) is 5.91 Å². The summed E-state index contributed by atoms with van der Waals surface area (Å²) >= 11 is 3.42. The molecule has 0 atom stereocenters. The molecule has 1 amide bonds. The highest BCUT2D eigenvalue weighted by Crippen LogP contribution is 2.22. The average Bonchev–Trinajstić information content (AvgIpc) is 2.38. The molecular weight excluding hydrogens is 306 g/mol. The van der Waals surface area contributed by atoms with Crippen molar-refractivity contribution >= 4 is 32.7 Å². The summed E-state index contributed by atoms with van der Waals surface area (Å²) in [6.45, 7) is 3.05. The van der Waals surface area contributed by atoms with Crippen LogP contribution in [0.2, 0.25) is 0 Å². The standard InChI is InChI=1S/C14H16BrN3O/c1-9-7-12(14(19)17-6-2-5-16)11-8-10(15)3-4-13(11)18-9/h3-4,7-8H,2,5-6,16H2,1H3,(H,17,19). The summed E-state index contributed by atoms with van der Waals surface area (Å²) in [6, 6.07) is 7.56. The highest BCUT2D eigenvalue weighted by molar-refractivity contribution is 9.10. The van der Waals surface area contributed by atoms with Crippen molar-refractivity contribution in [2.24, 2.45) is 5.73 Å². The summed E-state index contributed by atoms with van der Waals surface area (Å²) < 4.78 is 0.932. The van der Waals surface area contributed by atoms with Crippen molar-refractivity contribution in [3.8, 4) is 0 Å². The van der Waals surface area contributed by atoms with E-state index in [0.717, 1.165) is 27.5 Å². The van der Waals surface area contributed by atoms with E-state index in [4.69, 9.17) is 5.73 Å². The van der Waals surface area contributed by atoms with Crippen LogP contribution < -0.4 is 11.1 Å². The summed E-state index contributed by atoms with van der Waals surface area (Å²) in [5.74, 6) is -0.0814. The van der Waals surface area contributed by atoms with Crippen LogP contribution in [0.5, 0.6) is 0 Å². The molecule has 0 radical (unpaired) electrons. The highest BCUT2D eigenvalue weighted by Gasteiger charge is 2.11. The maximum atomic E-state index is 12.2. The number of carbonyl (C=O) groups excluding carboxylic acids is 1. The van der Waals surface area contributed by atoms with Crippen LogP contribution in [0.1, 0.15) is 22.5 Å². The van der Waals surface area contributed by atoms with Crippen LogP contribution in [0.15, 0.2) is 28.7 Å². The van der Waals surface area contributed by atoms with E-state index in [0.29, 0.717) is 18.7 Å². The maximum absolute atomic E-state index is 12.2. The Labute approximate surface area is 120 Å². The Morgan fingerprint density at radius 2 is 2.21 bits per heavy atom. The number of nitrogens with two attached hydrogens (primary N) is 1. The third-order valence-corrected chi connectivity index (χ3v) is 3.30. The number of fused-ring (bicyclic) bond motifs is 1. The normalized spacial score (nSPS) is 10.7. The second-order valence-electron chi connectivity index (χ2n) is 4.37. The monoisotopic (exact) mass is 321 g/mol. The van der Waals surface area contributed by atoms with Gasteiger partial charge in [-0.05, 0) is 44.2 Å². The van der Waals surface area contributed by atoms with Gasteiger partial charge in [0.05, 0.1) is 11.1 Å². The lowest BCUT2D eigenvalue weighted by Gasteiger charge is -2.09. The number of carbonyl (C=O) groups is 1. The molecule has 0 aliphatic rings. The Bertz CT molecular complexity index is 613. The topological polar surface area (TPSA) is 68.0 Å². The fraction of sp³-hybridized carbons (Fsp3) is 0.286. The molecule has 19 heavy (non-hydrogen) atoms. The zero-order chi connectivity index (χ0) is 13.8. The minimum Gasteiger partial charge on any atom is -0.352 e. The van der Waals surface area contributed by atoms with Gasteiger partial charge in [0, 0.05) is 22.1 Å². The number of amides is 1. The molecule has 0 aliphatic heterocycles. The van der Waals surface area contributed by atoms with E-state index in [2.05, 4.69) is 26.2 Å². The first-order valence-corrected chi connectivity index (χ1v) is 6.96. The molecule has 1 aromatic heterocycles. The first-order valence-electron chi connectivity index (χ1n) is 6.17. The second-order valence-corrected chi connectivity index (χ2v) is 5.29. The Balaban J connectivity index is 2.40. The first kappa shape index (κ1) is 14.0. The van der Waals surface area contributed by atoms with Gasteiger partial charge in [0.25, 0.3) is 5.91 Å². The molecule has 5 heteroatoms. The van der Waals surface area contributed by atoms with Gasteiger partial charge in [0.1, 0.15) is 0 Å². The van der Waals surface area contributed by atoms with Crippen LogP contribution in [0.3, 0.4) is 0 Å². The van der Waals surface area contributed by atoms with Crippen molar-refractivity contribution in [2.45, 2.75) is 13.3 Å². The molecule has 2 aromatic rings. The summed E-state index contributed by atoms with van der Waals surface area (Å²) in [5, 5.41) is 3.73. The molecule has 0 saturated heterocycles. The lowest BCUT2D eigenvalue weighted by atomic mass is 10.1. The van der Waals surface area contributed by atoms with Crippen molar-refractivity contribution in [2.75, 3.05) is 13.1 Å². The molecule has 1 aromatic carbocycles. The summed E-state index contributed by atoms with van der Waals surface area (Å²) in [6.07, 6.45) is 0.775. The van der Waals surface area contributed by atoms with Crippen molar-refractivity contribution in [1.82, 2.24) is 10.3 Å². The molecule has 4 nitrogen and oxygen atoms in total. The number of nitrogens with zero attached hydrogens (tertiary/aromatic N) is 1. The number of pyridine rings is 1. The molecule has 0 saturated carbocycles. The quantitative estimate of drug-likeness (QED) is 0.849. The Kier molecular flexibility index (Phi) is 4.50. The molecule has 0 aliphatic carbocycles. The number of benzene rings is 1. The fourth-order valence-corrected chi connectivity index (χ4v) is 2.28. The van der Waals surface area contributed by atoms with Gasteiger partial charge in [0.2, 0.25) is 0 Å². The summed E-state index contributed by atoms with van der Waals surface area (Å²) in [7, 11) is 0. The van der Waals surface area contributed by atoms with Crippen molar-refractivity contribution in [1.29, 1.82) is 0 Å². The largest absolute Gasteiger partial charge is 0.352 e. The van der Waals surface area contributed by atoms with Gasteiger partial charge in [-0.3, -0.25) is 9.78 Å². The van der Waals surface area contributed by atoms with Crippen LogP contribution in [0, 0.1) is 6.92 Å². The number of nitrogens with one attached hydrogen (secondary N) is 1. The SMILES string of the molecule is Cc1cc(C(=O)NCCCN)c2cc(Br)ccc2n1. The molecule has 0 bridgehead atoms. The molecule has 0 fully saturated rings. The molecular formula is C14H16BrN3O. The predicted octanol–water partition coefficient (Wildman–Crippen LogP) is 2.38. The van der Waals surface area contributed by atoms with Crippen LogP contribution in [0.25, 0.3) is 10.9 Å². The maximum Gasteiger partial charge on any atom is 0.252 e. The third-order valence-electron chi connectivity index (χ3n) is 2.81. The van der Waals surface area contributed by atoms with E-state index >= 15 is 0 Å². The zero-order valence-electron chi connectivity index (χ0n) is 10.7. The summed E-state index contributed by atoms with van der Waals surface area (Å²) in [5.41, 5.74) is 7.73. The predicted molar refractivity (Wildman–Crippen MR) is 80.2 cm³/mol. The third kappa shape index (κ3) is 3.30. The van der Waals surface area contributed by atoms with Crippen LogP contribution >= 0.6 is 15.9 Å². The molecule has 1 heterocycles. The van der Waals surface area contributed by atoms with Crippen LogP contribution in [-0.4, -0.2) is 24.0 Å². The van der Waals surface area contributed by atoms with Gasteiger partial charge in [-0.2, -0.15) is 0 Å². The highest BCUT2D eigenvalue weighted by atomic mass is 79.9. The number of aryl methyl sites for hydroxylation is 1. The minimum atomic E-state index is -0.0814. The van der Waals surface area contributed by atoms with Crippen LogP contribution in [0.4, 0.5) is 0 Å². The summed E-state index contributed by atoms with van der Waals surface area (Å²) in [4.78, 5) is 16.6. The molecule has 0 spiro atoms. The number of halogens is 1. The van der Waals surface area contributed by atoms with Crippen molar-refractivity contribution < 1.29 is 4.79 Å². The zero-order valence-corrected chi connectivity index (χ0v) is 12.3. The first-order chi connectivity index (χ1) is 9.11. The number of rotatable bonds is 4. The number of aromatic nitrogens is 1. The van der Waals surface area contributed by atoms with E-state index in [9.17, 15) is 4.79 Å². The molecule has 2 rings (SSSR count). The molecule has 3 N–H and O–H groups in total. The van der Waals surface area contributed by atoms with E-state index in [1.807, 2.05) is 31.2 Å². The second kappa shape index (κ2) is 6.12. The van der Waals surface area contributed by atoms with E-state index < -0.39 is 0 Å². The number of hydrogen-bond acceptors (Lipinski definition) is 3. The lowest BCUT2D eigenvalue weighted by Crippen LogP contribution is -2.26. The van der Waals surface area contributed by atoms with E-state index in [1.54, 1.807) is 0 Å². The molecule has 100 valence electrons. The molecule has 0 unspecified atom stereocenters.